The molecule has 0 heterocycles. The highest BCUT2D eigenvalue weighted by atomic mass is 16.5. The number of rotatable bonds is 10. The van der Waals surface area contributed by atoms with E-state index in [1.807, 2.05) is 51.2 Å². The Morgan fingerprint density at radius 2 is 1.74 bits per heavy atom. The van der Waals surface area contributed by atoms with E-state index in [2.05, 4.69) is 29.6 Å². The first kappa shape index (κ1) is 20.5. The van der Waals surface area contributed by atoms with Crippen LogP contribution in [0.5, 0.6) is 11.5 Å². The van der Waals surface area contributed by atoms with Gasteiger partial charge in [0.25, 0.3) is 5.91 Å². The molecular weight excluding hydrogens is 340 g/mol. The molecule has 1 amide bonds. The standard InChI is InChI=1S/C22H28N2O3/c1-4-26-20-14-13-19(16-21(20)27-5-2)23-22(25)17-24(3)15-9-12-18-10-7-6-8-11-18/h6-14,16H,4-5,15,17H2,1-3H3,(H,23,25)/p+1/b12-9+. The molecular formula is C22H29N2O3+. The maximum Gasteiger partial charge on any atom is 0.279 e. The van der Waals surface area contributed by atoms with Crippen molar-refractivity contribution in [3.63, 3.8) is 0 Å². The fraction of sp³-hybridized carbons (Fsp3) is 0.318. The third kappa shape index (κ3) is 7.15. The zero-order valence-corrected chi connectivity index (χ0v) is 16.3. The molecule has 1 atom stereocenters. The number of hydrogen-bond donors (Lipinski definition) is 2. The third-order valence-electron chi connectivity index (χ3n) is 3.87. The first-order valence-electron chi connectivity index (χ1n) is 9.34. The summed E-state index contributed by atoms with van der Waals surface area (Å²) in [5.41, 5.74) is 1.87. The van der Waals surface area contributed by atoms with Gasteiger partial charge in [0.05, 0.1) is 26.8 Å². The predicted octanol–water partition coefficient (Wildman–Crippen LogP) is 2.65. The molecule has 2 N–H and O–H groups in total. The largest absolute Gasteiger partial charge is 0.490 e. The van der Waals surface area contributed by atoms with Crippen molar-refractivity contribution in [3.8, 4) is 11.5 Å². The molecule has 0 bridgehead atoms. The fourth-order valence-corrected chi connectivity index (χ4v) is 2.64. The molecule has 0 aliphatic carbocycles. The van der Waals surface area contributed by atoms with Gasteiger partial charge in [-0.3, -0.25) is 4.79 Å². The summed E-state index contributed by atoms with van der Waals surface area (Å²) < 4.78 is 11.1. The maximum absolute atomic E-state index is 12.3. The Morgan fingerprint density at radius 1 is 1.04 bits per heavy atom. The lowest BCUT2D eigenvalue weighted by Crippen LogP contribution is -3.09. The zero-order valence-electron chi connectivity index (χ0n) is 16.3. The zero-order chi connectivity index (χ0) is 19.5. The van der Waals surface area contributed by atoms with Crippen LogP contribution in [0.3, 0.4) is 0 Å². The van der Waals surface area contributed by atoms with Crippen LogP contribution in [0.15, 0.2) is 54.6 Å². The molecule has 144 valence electrons. The molecule has 0 fully saturated rings. The van der Waals surface area contributed by atoms with Crippen LogP contribution in [-0.2, 0) is 4.79 Å². The number of amides is 1. The van der Waals surface area contributed by atoms with E-state index in [0.29, 0.717) is 36.9 Å². The van der Waals surface area contributed by atoms with Crippen LogP contribution in [0, 0.1) is 0 Å². The molecule has 0 aromatic heterocycles. The van der Waals surface area contributed by atoms with Crippen LogP contribution in [0.25, 0.3) is 6.08 Å². The summed E-state index contributed by atoms with van der Waals surface area (Å²) in [5.74, 6) is 1.29. The average molecular weight is 369 g/mol. The fourth-order valence-electron chi connectivity index (χ4n) is 2.64. The van der Waals surface area contributed by atoms with Gasteiger partial charge >= 0.3 is 0 Å². The molecule has 0 spiro atoms. The normalized spacial score (nSPS) is 12.0. The predicted molar refractivity (Wildman–Crippen MR) is 110 cm³/mol. The van der Waals surface area contributed by atoms with Crippen molar-refractivity contribution in [2.24, 2.45) is 0 Å². The second-order valence-corrected chi connectivity index (χ2v) is 6.23. The molecule has 0 radical (unpaired) electrons. The van der Waals surface area contributed by atoms with Crippen molar-refractivity contribution in [2.75, 3.05) is 38.7 Å². The van der Waals surface area contributed by atoms with Gasteiger partial charge < -0.3 is 19.7 Å². The van der Waals surface area contributed by atoms with Crippen molar-refractivity contribution in [1.82, 2.24) is 0 Å². The van der Waals surface area contributed by atoms with Crippen molar-refractivity contribution in [2.45, 2.75) is 13.8 Å². The lowest BCUT2D eigenvalue weighted by atomic mass is 10.2. The molecule has 2 rings (SSSR count). The molecule has 2 aromatic carbocycles. The SMILES string of the molecule is CCOc1ccc(NC(=O)C[NH+](C)C/C=C/c2ccccc2)cc1OCC. The van der Waals surface area contributed by atoms with Crippen LogP contribution in [0.2, 0.25) is 0 Å². The number of nitrogens with one attached hydrogen (secondary N) is 2. The average Bonchev–Trinajstić information content (AvgIpc) is 2.65. The summed E-state index contributed by atoms with van der Waals surface area (Å²) in [6, 6.07) is 15.6. The van der Waals surface area contributed by atoms with Crippen molar-refractivity contribution < 1.29 is 19.2 Å². The first-order valence-corrected chi connectivity index (χ1v) is 9.34. The minimum absolute atomic E-state index is 0.0350. The highest BCUT2D eigenvalue weighted by Gasteiger charge is 2.11. The minimum Gasteiger partial charge on any atom is -0.490 e. The first-order chi connectivity index (χ1) is 13.1. The molecule has 0 saturated carbocycles. The smallest absolute Gasteiger partial charge is 0.279 e. The molecule has 2 aromatic rings. The van der Waals surface area contributed by atoms with E-state index in [0.717, 1.165) is 17.0 Å². The van der Waals surface area contributed by atoms with Gasteiger partial charge in [-0.2, -0.15) is 0 Å². The summed E-state index contributed by atoms with van der Waals surface area (Å²) >= 11 is 0. The quantitative estimate of drug-likeness (QED) is 0.677. The molecule has 5 heteroatoms. The second kappa shape index (κ2) is 11.0. The van der Waals surface area contributed by atoms with Gasteiger partial charge in [-0.25, -0.2) is 0 Å². The number of benzene rings is 2. The van der Waals surface area contributed by atoms with Crippen molar-refractivity contribution in [3.05, 3.63) is 60.2 Å². The summed E-state index contributed by atoms with van der Waals surface area (Å²) in [5, 5.41) is 2.93. The lowest BCUT2D eigenvalue weighted by Gasteiger charge is -2.14. The number of hydrogen-bond acceptors (Lipinski definition) is 3. The Hall–Kier alpha value is -2.79. The van der Waals surface area contributed by atoms with Crippen LogP contribution in [0.4, 0.5) is 5.69 Å². The van der Waals surface area contributed by atoms with Gasteiger partial charge in [0, 0.05) is 11.8 Å². The molecule has 0 aliphatic rings. The third-order valence-corrected chi connectivity index (χ3v) is 3.87. The van der Waals surface area contributed by atoms with Gasteiger partial charge in [0.1, 0.15) is 0 Å². The molecule has 0 aliphatic heterocycles. The van der Waals surface area contributed by atoms with Crippen LogP contribution >= 0.6 is 0 Å². The summed E-state index contributed by atoms with van der Waals surface area (Å²) in [7, 11) is 2.00. The number of carbonyl (C=O) groups is 1. The molecule has 5 nitrogen and oxygen atoms in total. The van der Waals surface area contributed by atoms with E-state index in [1.165, 1.54) is 0 Å². The van der Waals surface area contributed by atoms with Gasteiger partial charge in [0.15, 0.2) is 18.0 Å². The molecule has 0 saturated heterocycles. The lowest BCUT2D eigenvalue weighted by molar-refractivity contribution is -0.864. The summed E-state index contributed by atoms with van der Waals surface area (Å²) in [6.07, 6.45) is 4.16. The van der Waals surface area contributed by atoms with E-state index in [9.17, 15) is 4.79 Å². The maximum atomic E-state index is 12.3. The Morgan fingerprint density at radius 3 is 2.44 bits per heavy atom. The highest BCUT2D eigenvalue weighted by Crippen LogP contribution is 2.30. The van der Waals surface area contributed by atoms with Gasteiger partial charge in [-0.05, 0) is 37.6 Å². The Balaban J connectivity index is 1.87. The monoisotopic (exact) mass is 369 g/mol. The second-order valence-electron chi connectivity index (χ2n) is 6.23. The highest BCUT2D eigenvalue weighted by molar-refractivity contribution is 5.91. The van der Waals surface area contributed by atoms with E-state index >= 15 is 0 Å². The Labute approximate surface area is 161 Å². The van der Waals surface area contributed by atoms with E-state index in [4.69, 9.17) is 9.47 Å². The van der Waals surface area contributed by atoms with Gasteiger partial charge in [-0.15, -0.1) is 0 Å². The van der Waals surface area contributed by atoms with E-state index < -0.39 is 0 Å². The Kier molecular flexibility index (Phi) is 8.39. The number of carbonyl (C=O) groups excluding carboxylic acids is 1. The Bertz CT molecular complexity index is 744. The topological polar surface area (TPSA) is 52.0 Å². The summed E-state index contributed by atoms with van der Waals surface area (Å²) in [6.45, 7) is 6.11. The van der Waals surface area contributed by atoms with Crippen molar-refractivity contribution in [1.29, 1.82) is 0 Å². The number of ether oxygens (including phenoxy) is 2. The van der Waals surface area contributed by atoms with E-state index in [1.54, 1.807) is 6.07 Å². The van der Waals surface area contributed by atoms with E-state index in [-0.39, 0.29) is 5.91 Å². The number of likely N-dealkylation sites (N-methyl/N-ethyl adjacent to an activating group) is 1. The summed E-state index contributed by atoms with van der Waals surface area (Å²) in [4.78, 5) is 13.4. The van der Waals surface area contributed by atoms with Crippen LogP contribution in [-0.4, -0.2) is 39.3 Å². The molecule has 1 unspecified atom stereocenters. The molecule has 27 heavy (non-hydrogen) atoms. The van der Waals surface area contributed by atoms with Gasteiger partial charge in [-0.1, -0.05) is 36.4 Å². The number of quaternary nitrogens is 1. The van der Waals surface area contributed by atoms with Crippen LogP contribution < -0.4 is 19.7 Å². The van der Waals surface area contributed by atoms with Gasteiger partial charge in [0.2, 0.25) is 0 Å². The minimum atomic E-state index is -0.0350. The number of anilines is 1. The van der Waals surface area contributed by atoms with Crippen molar-refractivity contribution >= 4 is 17.7 Å². The van der Waals surface area contributed by atoms with Crippen LogP contribution in [0.1, 0.15) is 19.4 Å².